The number of nitrogens with zero attached hydrogens (tertiary/aromatic N) is 1. The van der Waals surface area contributed by atoms with Gasteiger partial charge in [-0.25, -0.2) is 0 Å². The van der Waals surface area contributed by atoms with Crippen LogP contribution in [0.15, 0.2) is 60.7 Å². The average Bonchev–Trinajstić information content (AvgIpc) is 2.91. The highest BCUT2D eigenvalue weighted by atomic mass is 15.1. The van der Waals surface area contributed by atoms with Crippen molar-refractivity contribution in [3.63, 3.8) is 0 Å². The lowest BCUT2D eigenvalue weighted by atomic mass is 10.1. The van der Waals surface area contributed by atoms with Crippen LogP contribution in [0, 0.1) is 0 Å². The van der Waals surface area contributed by atoms with Crippen LogP contribution in [-0.2, 0) is 6.42 Å². The van der Waals surface area contributed by atoms with E-state index in [9.17, 15) is 0 Å². The van der Waals surface area contributed by atoms with Crippen molar-refractivity contribution in [3.05, 3.63) is 71.9 Å². The molecule has 0 spiro atoms. The molecule has 2 aromatic carbocycles. The zero-order chi connectivity index (χ0) is 13.1. The maximum atomic E-state index is 5.68. The lowest BCUT2D eigenvalue weighted by Crippen LogP contribution is -1.89. The van der Waals surface area contributed by atoms with Crippen molar-refractivity contribution in [1.29, 1.82) is 0 Å². The van der Waals surface area contributed by atoms with Gasteiger partial charge in [0, 0.05) is 23.4 Å². The number of aromatic nitrogens is 2. The van der Waals surface area contributed by atoms with Crippen LogP contribution in [0.3, 0.4) is 0 Å². The van der Waals surface area contributed by atoms with Gasteiger partial charge in [0.25, 0.3) is 0 Å². The molecule has 19 heavy (non-hydrogen) atoms. The molecule has 0 amide bonds. The Labute approximate surface area is 112 Å². The summed E-state index contributed by atoms with van der Waals surface area (Å²) in [4.78, 5) is 0. The van der Waals surface area contributed by atoms with Gasteiger partial charge in [0.1, 0.15) is 0 Å². The molecule has 0 radical (unpaired) electrons. The summed E-state index contributed by atoms with van der Waals surface area (Å²) >= 11 is 0. The number of aromatic amines is 1. The van der Waals surface area contributed by atoms with Crippen molar-refractivity contribution in [3.8, 4) is 11.3 Å². The van der Waals surface area contributed by atoms with Crippen LogP contribution in [0.4, 0.5) is 5.69 Å². The molecule has 1 aromatic heterocycles. The van der Waals surface area contributed by atoms with Crippen molar-refractivity contribution in [2.24, 2.45) is 0 Å². The Balaban J connectivity index is 1.80. The van der Waals surface area contributed by atoms with E-state index in [1.54, 1.807) is 0 Å². The first-order chi connectivity index (χ1) is 9.31. The fourth-order valence-corrected chi connectivity index (χ4v) is 2.06. The highest BCUT2D eigenvalue weighted by molar-refractivity contribution is 5.59. The van der Waals surface area contributed by atoms with E-state index in [0.717, 1.165) is 29.1 Å². The predicted molar refractivity (Wildman–Crippen MR) is 77.7 cm³/mol. The van der Waals surface area contributed by atoms with Gasteiger partial charge in [-0.05, 0) is 23.8 Å². The van der Waals surface area contributed by atoms with Gasteiger partial charge >= 0.3 is 0 Å². The first-order valence-corrected chi connectivity index (χ1v) is 6.25. The average molecular weight is 249 g/mol. The first-order valence-electron chi connectivity index (χ1n) is 6.25. The minimum atomic E-state index is 0.790. The van der Waals surface area contributed by atoms with Crippen LogP contribution in [-0.4, -0.2) is 10.2 Å². The Bertz CT molecular complexity index is 654. The third-order valence-corrected chi connectivity index (χ3v) is 3.07. The standard InChI is InChI=1S/C16H15N3/c17-14-8-6-12(7-9-14)10-15-11-16(19-18-15)13-4-2-1-3-5-13/h1-9,11H,10,17H2,(H,18,19). The molecule has 3 aromatic rings. The number of benzene rings is 2. The Hall–Kier alpha value is -2.55. The van der Waals surface area contributed by atoms with E-state index in [1.807, 2.05) is 42.5 Å². The Kier molecular flexibility index (Phi) is 3.02. The maximum Gasteiger partial charge on any atom is 0.0923 e. The number of hydrogen-bond acceptors (Lipinski definition) is 2. The van der Waals surface area contributed by atoms with Gasteiger partial charge < -0.3 is 5.73 Å². The predicted octanol–water partition coefficient (Wildman–Crippen LogP) is 3.25. The second kappa shape index (κ2) is 4.98. The van der Waals surface area contributed by atoms with Gasteiger partial charge in [0.05, 0.1) is 5.69 Å². The quantitative estimate of drug-likeness (QED) is 0.700. The number of nitrogens with one attached hydrogen (secondary N) is 1. The van der Waals surface area contributed by atoms with E-state index >= 15 is 0 Å². The second-order valence-electron chi connectivity index (χ2n) is 4.56. The van der Waals surface area contributed by atoms with Gasteiger partial charge in [-0.1, -0.05) is 42.5 Å². The summed E-state index contributed by atoms with van der Waals surface area (Å²) in [6.07, 6.45) is 0.833. The van der Waals surface area contributed by atoms with Gasteiger partial charge in [0.15, 0.2) is 0 Å². The van der Waals surface area contributed by atoms with E-state index in [-0.39, 0.29) is 0 Å². The Morgan fingerprint density at radius 3 is 2.42 bits per heavy atom. The molecule has 0 saturated heterocycles. The van der Waals surface area contributed by atoms with E-state index in [2.05, 4.69) is 28.4 Å². The highest BCUT2D eigenvalue weighted by Crippen LogP contribution is 2.18. The molecule has 3 N–H and O–H groups in total. The molecule has 0 saturated carbocycles. The van der Waals surface area contributed by atoms with Crippen LogP contribution in [0.5, 0.6) is 0 Å². The van der Waals surface area contributed by atoms with E-state index in [0.29, 0.717) is 0 Å². The largest absolute Gasteiger partial charge is 0.399 e. The summed E-state index contributed by atoms with van der Waals surface area (Å²) in [6.45, 7) is 0. The zero-order valence-electron chi connectivity index (χ0n) is 10.5. The maximum absolute atomic E-state index is 5.68. The minimum absolute atomic E-state index is 0.790. The lowest BCUT2D eigenvalue weighted by Gasteiger charge is -1.99. The highest BCUT2D eigenvalue weighted by Gasteiger charge is 2.04. The van der Waals surface area contributed by atoms with Crippen molar-refractivity contribution in [2.45, 2.75) is 6.42 Å². The van der Waals surface area contributed by atoms with Crippen LogP contribution < -0.4 is 5.73 Å². The summed E-state index contributed by atoms with van der Waals surface area (Å²) in [7, 11) is 0. The number of nitrogen functional groups attached to an aromatic ring is 1. The number of rotatable bonds is 3. The van der Waals surface area contributed by atoms with Gasteiger partial charge in [-0.2, -0.15) is 5.10 Å². The molecule has 0 aliphatic rings. The van der Waals surface area contributed by atoms with Gasteiger partial charge in [0.2, 0.25) is 0 Å². The third kappa shape index (κ3) is 2.65. The van der Waals surface area contributed by atoms with Crippen LogP contribution >= 0.6 is 0 Å². The van der Waals surface area contributed by atoms with Crippen LogP contribution in [0.1, 0.15) is 11.3 Å². The van der Waals surface area contributed by atoms with Crippen LogP contribution in [0.25, 0.3) is 11.3 Å². The molecule has 3 rings (SSSR count). The molecular weight excluding hydrogens is 234 g/mol. The fourth-order valence-electron chi connectivity index (χ4n) is 2.06. The summed E-state index contributed by atoms with van der Waals surface area (Å²) in [5.41, 5.74) is 10.9. The summed E-state index contributed by atoms with van der Waals surface area (Å²) in [5.74, 6) is 0. The van der Waals surface area contributed by atoms with Gasteiger partial charge in [-0.15, -0.1) is 0 Å². The van der Waals surface area contributed by atoms with Crippen LogP contribution in [0.2, 0.25) is 0 Å². The molecule has 3 heteroatoms. The molecule has 0 fully saturated rings. The fraction of sp³-hybridized carbons (Fsp3) is 0.0625. The van der Waals surface area contributed by atoms with Crippen molar-refractivity contribution < 1.29 is 0 Å². The minimum Gasteiger partial charge on any atom is -0.399 e. The molecule has 0 aliphatic carbocycles. The summed E-state index contributed by atoms with van der Waals surface area (Å²) < 4.78 is 0. The number of anilines is 1. The molecule has 1 heterocycles. The van der Waals surface area contributed by atoms with E-state index < -0.39 is 0 Å². The topological polar surface area (TPSA) is 54.7 Å². The normalized spacial score (nSPS) is 10.5. The summed E-state index contributed by atoms with van der Waals surface area (Å²) in [5, 5.41) is 7.44. The summed E-state index contributed by atoms with van der Waals surface area (Å²) in [6, 6.07) is 20.2. The lowest BCUT2D eigenvalue weighted by molar-refractivity contribution is 0.999. The van der Waals surface area contributed by atoms with E-state index in [4.69, 9.17) is 5.73 Å². The number of nitrogens with two attached hydrogens (primary N) is 1. The first kappa shape index (κ1) is 11.5. The molecule has 3 nitrogen and oxygen atoms in total. The number of H-pyrrole nitrogens is 1. The second-order valence-corrected chi connectivity index (χ2v) is 4.56. The molecular formula is C16H15N3. The van der Waals surface area contributed by atoms with E-state index in [1.165, 1.54) is 5.56 Å². The van der Waals surface area contributed by atoms with Crippen molar-refractivity contribution >= 4 is 5.69 Å². The Morgan fingerprint density at radius 1 is 0.947 bits per heavy atom. The SMILES string of the molecule is Nc1ccc(Cc2cc(-c3ccccc3)n[nH]2)cc1. The molecule has 94 valence electrons. The van der Waals surface area contributed by atoms with Crippen molar-refractivity contribution in [2.75, 3.05) is 5.73 Å². The monoisotopic (exact) mass is 249 g/mol. The molecule has 0 atom stereocenters. The van der Waals surface area contributed by atoms with Crippen molar-refractivity contribution in [1.82, 2.24) is 10.2 Å². The number of hydrogen-bond donors (Lipinski definition) is 2. The molecule has 0 unspecified atom stereocenters. The molecule has 0 aliphatic heterocycles. The Morgan fingerprint density at radius 2 is 1.68 bits per heavy atom. The van der Waals surface area contributed by atoms with Gasteiger partial charge in [-0.3, -0.25) is 5.10 Å². The molecule has 0 bridgehead atoms. The third-order valence-electron chi connectivity index (χ3n) is 3.07. The smallest absolute Gasteiger partial charge is 0.0923 e. The zero-order valence-corrected chi connectivity index (χ0v) is 10.5.